The van der Waals surface area contributed by atoms with Crippen LogP contribution in [0.25, 0.3) is 0 Å². The SMILES string of the molecule is CCC(C)COc1ccc(C(N)=S)cc1OC. The molecule has 4 heteroatoms. The van der Waals surface area contributed by atoms with Crippen LogP contribution in [0.1, 0.15) is 25.8 Å². The van der Waals surface area contributed by atoms with Gasteiger partial charge in [0.15, 0.2) is 11.5 Å². The molecule has 0 saturated carbocycles. The molecule has 0 aromatic heterocycles. The molecule has 3 nitrogen and oxygen atoms in total. The second-order valence-corrected chi connectivity index (χ2v) is 4.49. The highest BCUT2D eigenvalue weighted by molar-refractivity contribution is 7.80. The molecule has 0 aliphatic rings. The Morgan fingerprint density at radius 2 is 2.12 bits per heavy atom. The quantitative estimate of drug-likeness (QED) is 0.792. The van der Waals surface area contributed by atoms with Crippen LogP contribution < -0.4 is 15.2 Å². The molecule has 17 heavy (non-hydrogen) atoms. The van der Waals surface area contributed by atoms with Crippen molar-refractivity contribution in [2.75, 3.05) is 13.7 Å². The fourth-order valence-electron chi connectivity index (χ4n) is 1.29. The van der Waals surface area contributed by atoms with Gasteiger partial charge in [-0.3, -0.25) is 0 Å². The molecule has 0 bridgehead atoms. The van der Waals surface area contributed by atoms with Gasteiger partial charge in [-0.2, -0.15) is 0 Å². The fraction of sp³-hybridized carbons (Fsp3) is 0.462. The molecule has 1 rings (SSSR count). The molecule has 94 valence electrons. The lowest BCUT2D eigenvalue weighted by Gasteiger charge is -2.14. The third-order valence-electron chi connectivity index (χ3n) is 2.67. The highest BCUT2D eigenvalue weighted by Gasteiger charge is 2.08. The molecule has 0 fully saturated rings. The molecular formula is C13H19NO2S. The Hall–Kier alpha value is -1.29. The zero-order chi connectivity index (χ0) is 12.8. The Labute approximate surface area is 108 Å². The largest absolute Gasteiger partial charge is 0.493 e. The number of ether oxygens (including phenoxy) is 2. The summed E-state index contributed by atoms with van der Waals surface area (Å²) in [4.78, 5) is 0.358. The fourth-order valence-corrected chi connectivity index (χ4v) is 1.42. The van der Waals surface area contributed by atoms with Crippen molar-refractivity contribution in [3.8, 4) is 11.5 Å². The molecule has 1 atom stereocenters. The summed E-state index contributed by atoms with van der Waals surface area (Å²) in [5, 5.41) is 0. The van der Waals surface area contributed by atoms with Gasteiger partial charge in [-0.25, -0.2) is 0 Å². The van der Waals surface area contributed by atoms with Gasteiger partial charge in [0.2, 0.25) is 0 Å². The summed E-state index contributed by atoms with van der Waals surface area (Å²) in [6, 6.07) is 5.49. The Kier molecular flexibility index (Phi) is 5.22. The van der Waals surface area contributed by atoms with Gasteiger partial charge in [0.25, 0.3) is 0 Å². The monoisotopic (exact) mass is 253 g/mol. The minimum Gasteiger partial charge on any atom is -0.493 e. The predicted molar refractivity (Wildman–Crippen MR) is 73.8 cm³/mol. The molecule has 1 aromatic carbocycles. The predicted octanol–water partition coefficient (Wildman–Crippen LogP) is 2.75. The van der Waals surface area contributed by atoms with E-state index in [1.165, 1.54) is 0 Å². The average molecular weight is 253 g/mol. The van der Waals surface area contributed by atoms with Crippen molar-refractivity contribution in [2.45, 2.75) is 20.3 Å². The van der Waals surface area contributed by atoms with E-state index < -0.39 is 0 Å². The molecule has 1 aromatic rings. The maximum absolute atomic E-state index is 5.71. The van der Waals surface area contributed by atoms with Crippen LogP contribution in [0.4, 0.5) is 0 Å². The van der Waals surface area contributed by atoms with Gasteiger partial charge >= 0.3 is 0 Å². The van der Waals surface area contributed by atoms with Crippen molar-refractivity contribution in [3.05, 3.63) is 23.8 Å². The summed E-state index contributed by atoms with van der Waals surface area (Å²) < 4.78 is 11.0. The maximum atomic E-state index is 5.71. The lowest BCUT2D eigenvalue weighted by Crippen LogP contribution is -2.11. The second kappa shape index (κ2) is 6.45. The van der Waals surface area contributed by atoms with Crippen LogP contribution in [-0.4, -0.2) is 18.7 Å². The van der Waals surface area contributed by atoms with Crippen molar-refractivity contribution in [1.82, 2.24) is 0 Å². The summed E-state index contributed by atoms with van der Waals surface area (Å²) in [6.07, 6.45) is 1.09. The van der Waals surface area contributed by atoms with Crippen molar-refractivity contribution in [2.24, 2.45) is 11.7 Å². The summed E-state index contributed by atoms with van der Waals surface area (Å²) in [7, 11) is 1.61. The van der Waals surface area contributed by atoms with Gasteiger partial charge < -0.3 is 15.2 Å². The third kappa shape index (κ3) is 3.89. The van der Waals surface area contributed by atoms with E-state index in [1.807, 2.05) is 12.1 Å². The average Bonchev–Trinajstić information content (AvgIpc) is 2.35. The van der Waals surface area contributed by atoms with Crippen molar-refractivity contribution in [1.29, 1.82) is 0 Å². The molecule has 0 amide bonds. The summed E-state index contributed by atoms with van der Waals surface area (Å²) >= 11 is 4.92. The van der Waals surface area contributed by atoms with E-state index in [9.17, 15) is 0 Å². The smallest absolute Gasteiger partial charge is 0.161 e. The highest BCUT2D eigenvalue weighted by Crippen LogP contribution is 2.28. The van der Waals surface area contributed by atoms with Crippen molar-refractivity contribution in [3.63, 3.8) is 0 Å². The van der Waals surface area contributed by atoms with Crippen molar-refractivity contribution < 1.29 is 9.47 Å². The summed E-state index contributed by atoms with van der Waals surface area (Å²) in [5.41, 5.74) is 6.35. The number of benzene rings is 1. The first-order valence-corrected chi connectivity index (χ1v) is 6.10. The van der Waals surface area contributed by atoms with Crippen LogP contribution in [0, 0.1) is 5.92 Å². The van der Waals surface area contributed by atoms with E-state index in [2.05, 4.69) is 13.8 Å². The first kappa shape index (κ1) is 13.8. The minimum absolute atomic E-state index is 0.358. The number of hydrogen-bond acceptors (Lipinski definition) is 3. The number of methoxy groups -OCH3 is 1. The van der Waals surface area contributed by atoms with Gasteiger partial charge in [0.05, 0.1) is 13.7 Å². The number of hydrogen-bond donors (Lipinski definition) is 1. The van der Waals surface area contributed by atoms with Gasteiger partial charge in [-0.1, -0.05) is 32.5 Å². The number of nitrogens with two attached hydrogens (primary N) is 1. The van der Waals surface area contributed by atoms with E-state index in [1.54, 1.807) is 13.2 Å². The Balaban J connectivity index is 2.82. The molecule has 0 aliphatic heterocycles. The topological polar surface area (TPSA) is 44.5 Å². The van der Waals surface area contributed by atoms with Gasteiger partial charge in [-0.15, -0.1) is 0 Å². The molecule has 0 saturated heterocycles. The van der Waals surface area contributed by atoms with E-state index in [0.29, 0.717) is 23.3 Å². The molecule has 0 heterocycles. The van der Waals surface area contributed by atoms with Gasteiger partial charge in [0, 0.05) is 5.56 Å². The number of rotatable bonds is 6. The number of thiocarbonyl (C=S) groups is 1. The van der Waals surface area contributed by atoms with Crippen LogP contribution in [0.2, 0.25) is 0 Å². The lowest BCUT2D eigenvalue weighted by atomic mass is 10.1. The van der Waals surface area contributed by atoms with Crippen molar-refractivity contribution >= 4 is 17.2 Å². The van der Waals surface area contributed by atoms with E-state index >= 15 is 0 Å². The minimum atomic E-state index is 0.358. The molecule has 2 N–H and O–H groups in total. The molecule has 0 spiro atoms. The molecule has 0 aliphatic carbocycles. The maximum Gasteiger partial charge on any atom is 0.161 e. The van der Waals surface area contributed by atoms with E-state index in [0.717, 1.165) is 17.7 Å². The van der Waals surface area contributed by atoms with Crippen LogP contribution in [0.3, 0.4) is 0 Å². The van der Waals surface area contributed by atoms with E-state index in [-0.39, 0.29) is 0 Å². The Bertz CT molecular complexity index is 393. The van der Waals surface area contributed by atoms with Gasteiger partial charge in [-0.05, 0) is 24.1 Å². The second-order valence-electron chi connectivity index (χ2n) is 4.05. The zero-order valence-electron chi connectivity index (χ0n) is 10.5. The Morgan fingerprint density at radius 3 is 2.65 bits per heavy atom. The standard InChI is InChI=1S/C13H19NO2S/c1-4-9(2)8-16-11-6-5-10(13(14)17)7-12(11)15-3/h5-7,9H,4,8H2,1-3H3,(H2,14,17). The lowest BCUT2D eigenvalue weighted by molar-refractivity contribution is 0.244. The van der Waals surface area contributed by atoms with E-state index in [4.69, 9.17) is 27.4 Å². The molecular weight excluding hydrogens is 234 g/mol. The first-order chi connectivity index (χ1) is 8.08. The molecule has 0 radical (unpaired) electrons. The molecule has 1 unspecified atom stereocenters. The summed E-state index contributed by atoms with van der Waals surface area (Å²) in [6.45, 7) is 4.97. The van der Waals surface area contributed by atoms with Crippen LogP contribution in [0.5, 0.6) is 11.5 Å². The van der Waals surface area contributed by atoms with Crippen LogP contribution in [0.15, 0.2) is 18.2 Å². The van der Waals surface area contributed by atoms with Crippen LogP contribution in [-0.2, 0) is 0 Å². The van der Waals surface area contributed by atoms with Crippen LogP contribution >= 0.6 is 12.2 Å². The zero-order valence-corrected chi connectivity index (χ0v) is 11.3. The summed E-state index contributed by atoms with van der Waals surface area (Å²) in [5.74, 6) is 1.92. The highest BCUT2D eigenvalue weighted by atomic mass is 32.1. The van der Waals surface area contributed by atoms with Gasteiger partial charge in [0.1, 0.15) is 4.99 Å². The third-order valence-corrected chi connectivity index (χ3v) is 2.90. The first-order valence-electron chi connectivity index (χ1n) is 5.69. The Morgan fingerprint density at radius 1 is 1.41 bits per heavy atom. The normalized spacial score (nSPS) is 11.9.